The maximum Gasteiger partial charge on any atom is 0.105 e. The van der Waals surface area contributed by atoms with Crippen LogP contribution >= 0.6 is 0 Å². The number of unbranched alkanes of at least 4 members (excludes halogenated alkanes) is 1. The average Bonchev–Trinajstić information content (AvgIpc) is 1.61. The summed E-state index contributed by atoms with van der Waals surface area (Å²) in [7, 11) is 0. The predicted octanol–water partition coefficient (Wildman–Crippen LogP) is -1.76. The van der Waals surface area contributed by atoms with Crippen molar-refractivity contribution >= 4 is 11.8 Å². The van der Waals surface area contributed by atoms with Gasteiger partial charge in [-0.1, -0.05) is 13.3 Å². The van der Waals surface area contributed by atoms with Crippen LogP contribution in [0, 0.1) is 0 Å². The lowest BCUT2D eigenvalue weighted by Gasteiger charge is -1.79. The minimum atomic E-state index is 0. The molecule has 0 aliphatic carbocycles. The van der Waals surface area contributed by atoms with E-state index in [-0.39, 0.29) is 12.4 Å². The fraction of sp³-hybridized carbons (Fsp3) is 1.00. The van der Waals surface area contributed by atoms with Crippen LogP contribution in [-0.2, 0) is 11.8 Å². The van der Waals surface area contributed by atoms with Gasteiger partial charge in [-0.05, 0) is 18.2 Å². The maximum atomic E-state index is 2.23. The molecule has 0 heterocycles. The molecular weight excluding hydrogens is 128 g/mol. The molecule has 7 heavy (non-hydrogen) atoms. The molecule has 0 nitrogen and oxygen atoms in total. The quantitative estimate of drug-likeness (QED) is 0.248. The van der Waals surface area contributed by atoms with Gasteiger partial charge in [0.05, 0.1) is 6.26 Å². The SMILES string of the molecule is CCCC[SH+]C.[Cl-]. The Morgan fingerprint density at radius 2 is 2.00 bits per heavy atom. The van der Waals surface area contributed by atoms with Gasteiger partial charge in [0, 0.05) is 0 Å². The van der Waals surface area contributed by atoms with E-state index in [1.807, 2.05) is 0 Å². The molecule has 0 spiro atoms. The highest BCUT2D eigenvalue weighted by molar-refractivity contribution is 7.77. The van der Waals surface area contributed by atoms with E-state index in [0.29, 0.717) is 0 Å². The van der Waals surface area contributed by atoms with Crippen LogP contribution in [0.4, 0.5) is 0 Å². The number of halogens is 1. The highest BCUT2D eigenvalue weighted by Gasteiger charge is 1.82. The summed E-state index contributed by atoms with van der Waals surface area (Å²) in [6.45, 7) is 2.23. The van der Waals surface area contributed by atoms with Crippen LogP contribution in [0.15, 0.2) is 0 Å². The van der Waals surface area contributed by atoms with Gasteiger partial charge in [-0.15, -0.1) is 0 Å². The second-order valence-electron chi connectivity index (χ2n) is 1.39. The summed E-state index contributed by atoms with van der Waals surface area (Å²) in [5, 5.41) is 0. The Bertz CT molecular complexity index is 20.0. The molecule has 0 atom stereocenters. The second kappa shape index (κ2) is 9.81. The van der Waals surface area contributed by atoms with Crippen molar-refractivity contribution in [3.8, 4) is 0 Å². The Morgan fingerprint density at radius 1 is 1.43 bits per heavy atom. The fourth-order valence-corrected chi connectivity index (χ4v) is 0.949. The van der Waals surface area contributed by atoms with Gasteiger partial charge in [0.25, 0.3) is 0 Å². The first-order valence-corrected chi connectivity index (χ1v) is 4.00. The van der Waals surface area contributed by atoms with Gasteiger partial charge in [0.1, 0.15) is 5.75 Å². The molecule has 0 saturated heterocycles. The zero-order valence-corrected chi connectivity index (χ0v) is 6.60. The summed E-state index contributed by atoms with van der Waals surface area (Å²) in [6, 6.07) is 0. The minimum absolute atomic E-state index is 0. The third-order valence-corrected chi connectivity index (χ3v) is 1.50. The van der Waals surface area contributed by atoms with Crippen LogP contribution in [0.25, 0.3) is 0 Å². The second-order valence-corrected chi connectivity index (χ2v) is 2.47. The van der Waals surface area contributed by atoms with Crippen molar-refractivity contribution in [2.75, 3.05) is 12.0 Å². The molecule has 0 rings (SSSR count). The lowest BCUT2D eigenvalue weighted by Crippen LogP contribution is -3.00. The van der Waals surface area contributed by atoms with E-state index in [9.17, 15) is 0 Å². The summed E-state index contributed by atoms with van der Waals surface area (Å²) in [5.74, 6) is 1.39. The largest absolute Gasteiger partial charge is 1.00 e. The molecule has 0 aliphatic rings. The van der Waals surface area contributed by atoms with E-state index in [1.165, 1.54) is 18.6 Å². The average molecular weight is 141 g/mol. The molecule has 0 aromatic rings. The molecule has 0 saturated carbocycles. The van der Waals surface area contributed by atoms with Crippen LogP contribution < -0.4 is 12.4 Å². The van der Waals surface area contributed by atoms with E-state index >= 15 is 0 Å². The number of thiol groups is 1. The van der Waals surface area contributed by atoms with E-state index in [0.717, 1.165) is 0 Å². The minimum Gasteiger partial charge on any atom is -1.00 e. The first-order chi connectivity index (χ1) is 2.91. The van der Waals surface area contributed by atoms with Crippen LogP contribution in [0.1, 0.15) is 19.8 Å². The Balaban J connectivity index is 0. The van der Waals surface area contributed by atoms with Crippen molar-refractivity contribution in [3.63, 3.8) is 0 Å². The topological polar surface area (TPSA) is 0 Å². The Morgan fingerprint density at radius 3 is 2.14 bits per heavy atom. The predicted molar refractivity (Wildman–Crippen MR) is 34.5 cm³/mol. The fourth-order valence-electron chi connectivity index (χ4n) is 0.316. The molecule has 0 aromatic carbocycles. The van der Waals surface area contributed by atoms with Crippen molar-refractivity contribution < 1.29 is 12.4 Å². The number of hydrogen-bond donors (Lipinski definition) is 0. The zero-order valence-electron chi connectivity index (χ0n) is 4.95. The molecule has 0 fully saturated rings. The summed E-state index contributed by atoms with van der Waals surface area (Å²) in [5.41, 5.74) is 0. The standard InChI is InChI=1S/C5H12S.ClH/c1-3-4-5-6-2;/h3-5H2,1-2H3;1H. The van der Waals surface area contributed by atoms with E-state index in [2.05, 4.69) is 13.2 Å². The first-order valence-electron chi connectivity index (χ1n) is 2.47. The highest BCUT2D eigenvalue weighted by atomic mass is 35.5. The monoisotopic (exact) mass is 140 g/mol. The van der Waals surface area contributed by atoms with Crippen molar-refractivity contribution in [2.24, 2.45) is 0 Å². The zero-order chi connectivity index (χ0) is 4.83. The summed E-state index contributed by atoms with van der Waals surface area (Å²) >= 11 is 1.55. The Kier molecular flexibility index (Phi) is 14.8. The van der Waals surface area contributed by atoms with Crippen LogP contribution in [-0.4, -0.2) is 12.0 Å². The molecule has 0 amide bonds. The van der Waals surface area contributed by atoms with Gasteiger partial charge in [-0.2, -0.15) is 0 Å². The third-order valence-electron chi connectivity index (χ3n) is 0.735. The van der Waals surface area contributed by atoms with Gasteiger partial charge < -0.3 is 12.4 Å². The van der Waals surface area contributed by atoms with E-state index in [1.54, 1.807) is 11.8 Å². The molecule has 0 unspecified atom stereocenters. The van der Waals surface area contributed by atoms with Gasteiger partial charge in [0.2, 0.25) is 0 Å². The highest BCUT2D eigenvalue weighted by Crippen LogP contribution is 1.83. The molecule has 0 aromatic heterocycles. The van der Waals surface area contributed by atoms with Crippen molar-refractivity contribution in [1.29, 1.82) is 0 Å². The molecule has 2 heteroatoms. The number of rotatable bonds is 3. The summed E-state index contributed by atoms with van der Waals surface area (Å²) in [6.07, 6.45) is 4.95. The van der Waals surface area contributed by atoms with Crippen molar-refractivity contribution in [3.05, 3.63) is 0 Å². The normalized spacial score (nSPS) is 7.71. The molecule has 0 aliphatic heterocycles. The molecule has 0 radical (unpaired) electrons. The van der Waals surface area contributed by atoms with E-state index < -0.39 is 0 Å². The lowest BCUT2D eigenvalue weighted by atomic mass is 10.4. The molecule has 0 bridgehead atoms. The first kappa shape index (κ1) is 10.6. The van der Waals surface area contributed by atoms with Crippen LogP contribution in [0.2, 0.25) is 0 Å². The molecule has 0 N–H and O–H groups in total. The Labute approximate surface area is 56.5 Å². The maximum absolute atomic E-state index is 2.23. The number of hydrogen-bond acceptors (Lipinski definition) is 0. The van der Waals surface area contributed by atoms with Crippen molar-refractivity contribution in [2.45, 2.75) is 19.8 Å². The third kappa shape index (κ3) is 10.8. The van der Waals surface area contributed by atoms with E-state index in [4.69, 9.17) is 0 Å². The molecule has 46 valence electrons. The molecular formula is C5H13ClS. The van der Waals surface area contributed by atoms with Crippen molar-refractivity contribution in [1.82, 2.24) is 0 Å². The van der Waals surface area contributed by atoms with Crippen LogP contribution in [0.3, 0.4) is 0 Å². The summed E-state index contributed by atoms with van der Waals surface area (Å²) in [4.78, 5) is 0. The smallest absolute Gasteiger partial charge is 0.105 e. The van der Waals surface area contributed by atoms with Gasteiger partial charge in [-0.3, -0.25) is 0 Å². The van der Waals surface area contributed by atoms with Gasteiger partial charge in [-0.25, -0.2) is 0 Å². The van der Waals surface area contributed by atoms with Crippen LogP contribution in [0.5, 0.6) is 0 Å². The van der Waals surface area contributed by atoms with Gasteiger partial charge >= 0.3 is 0 Å². The summed E-state index contributed by atoms with van der Waals surface area (Å²) < 4.78 is 0. The Hall–Kier alpha value is 0.640. The van der Waals surface area contributed by atoms with Gasteiger partial charge in [0.15, 0.2) is 0 Å². The lowest BCUT2D eigenvalue weighted by molar-refractivity contribution is -0.00000139.